The Morgan fingerprint density at radius 1 is 0.308 bits per heavy atom. The highest BCUT2D eigenvalue weighted by Gasteiger charge is 2.41. The second kappa shape index (κ2) is 15.9. The van der Waals surface area contributed by atoms with Crippen LogP contribution in [-0.2, 0) is 19.2 Å². The van der Waals surface area contributed by atoms with E-state index in [1.165, 1.54) is 72.8 Å². The van der Waals surface area contributed by atoms with Gasteiger partial charge in [-0.2, -0.15) is 52.7 Å². The van der Waals surface area contributed by atoms with Crippen LogP contribution in [0.1, 0.15) is 0 Å². The van der Waals surface area contributed by atoms with Gasteiger partial charge in [-0.25, -0.2) is 0 Å². The van der Waals surface area contributed by atoms with E-state index in [0.717, 1.165) is 24.3 Å². The highest BCUT2D eigenvalue weighted by atomic mass is 19.4. The highest BCUT2D eigenvalue weighted by Crippen LogP contribution is 2.36. The first kappa shape index (κ1) is 40.4. The Morgan fingerprint density at radius 3 is 0.615 bits per heavy atom. The van der Waals surface area contributed by atoms with E-state index < -0.39 is 48.3 Å². The molecule has 0 aliphatic carbocycles. The number of para-hydroxylation sites is 4. The molecule has 0 saturated heterocycles. The van der Waals surface area contributed by atoms with Crippen molar-refractivity contribution < 1.29 is 71.9 Å². The second-order valence-electron chi connectivity index (χ2n) is 9.99. The van der Waals surface area contributed by atoms with E-state index in [0.29, 0.717) is 0 Å². The molecule has 0 aliphatic heterocycles. The molecule has 0 fully saturated rings. The Kier molecular flexibility index (Phi) is 12.3. The van der Waals surface area contributed by atoms with Gasteiger partial charge in [-0.05, 0) is 24.3 Å². The normalized spacial score (nSPS) is 11.8. The Bertz CT molecular complexity index is 1660. The Hall–Kier alpha value is -6.08. The van der Waals surface area contributed by atoms with Gasteiger partial charge < -0.3 is 21.3 Å². The Balaban J connectivity index is 0.000000280. The van der Waals surface area contributed by atoms with E-state index in [1.807, 2.05) is 0 Å². The Morgan fingerprint density at radius 2 is 0.462 bits per heavy atom. The summed E-state index contributed by atoms with van der Waals surface area (Å²) in [5.41, 5.74) is -1.09. The molecule has 0 unspecified atom stereocenters. The van der Waals surface area contributed by atoms with E-state index in [2.05, 4.69) is 0 Å². The molecule has 4 rings (SSSR count). The number of amides is 4. The number of anilines is 4. The number of hydrogen-bond donors (Lipinski definition) is 4. The van der Waals surface area contributed by atoms with Gasteiger partial charge in [0.15, 0.2) is 0 Å². The number of rotatable bonds is 6. The van der Waals surface area contributed by atoms with Crippen molar-refractivity contribution in [2.45, 2.75) is 24.7 Å². The van der Waals surface area contributed by atoms with Crippen molar-refractivity contribution in [3.8, 4) is 22.3 Å². The fraction of sp³-hybridized carbons (Fsp3) is 0.125. The third-order valence-corrected chi connectivity index (χ3v) is 6.31. The largest absolute Gasteiger partial charge is 0.471 e. The van der Waals surface area contributed by atoms with Crippen molar-refractivity contribution in [3.05, 3.63) is 97.1 Å². The summed E-state index contributed by atoms with van der Waals surface area (Å²) in [7, 11) is 0. The van der Waals surface area contributed by atoms with Crippen molar-refractivity contribution in [2.24, 2.45) is 0 Å². The number of nitrogens with one attached hydrogen (secondary N) is 4. The molecule has 20 heteroatoms. The molecule has 276 valence electrons. The molecule has 0 bridgehead atoms. The molecule has 52 heavy (non-hydrogen) atoms. The van der Waals surface area contributed by atoms with Crippen LogP contribution in [0, 0.1) is 0 Å². The molecule has 0 aromatic heterocycles. The van der Waals surface area contributed by atoms with E-state index >= 15 is 0 Å². The topological polar surface area (TPSA) is 116 Å². The number of halogens is 12. The van der Waals surface area contributed by atoms with Gasteiger partial charge in [-0.15, -0.1) is 0 Å². The van der Waals surface area contributed by atoms with Crippen LogP contribution in [-0.4, -0.2) is 48.3 Å². The van der Waals surface area contributed by atoms with Gasteiger partial charge >= 0.3 is 48.3 Å². The molecule has 0 aliphatic rings. The standard InChI is InChI=1S/2C16H10F6N2O2/c2*17-15(18,19)13(25)23-11-7-3-1-5-9(11)10-6-2-4-8-12(10)24-14(26)16(20,21)22/h2*1-8H,(H,23,25)(H,24,26). The predicted octanol–water partition coefficient (Wildman–Crippen LogP) is 8.71. The minimum absolute atomic E-state index is 0.00294. The van der Waals surface area contributed by atoms with Crippen LogP contribution in [0.4, 0.5) is 75.4 Å². The number of carbonyl (C=O) groups is 4. The average molecular weight is 753 g/mol. The van der Waals surface area contributed by atoms with E-state index in [4.69, 9.17) is 0 Å². The summed E-state index contributed by atoms with van der Waals surface area (Å²) >= 11 is 0. The molecular formula is C32H20F12N4O4. The van der Waals surface area contributed by atoms with Gasteiger partial charge in [0.25, 0.3) is 0 Å². The fourth-order valence-corrected chi connectivity index (χ4v) is 4.08. The maximum absolute atomic E-state index is 12.5. The summed E-state index contributed by atoms with van der Waals surface area (Å²) in [4.78, 5) is 44.6. The number of hydrogen-bond acceptors (Lipinski definition) is 4. The van der Waals surface area contributed by atoms with Crippen LogP contribution < -0.4 is 21.3 Å². The second-order valence-corrected chi connectivity index (χ2v) is 9.99. The molecule has 0 saturated carbocycles. The van der Waals surface area contributed by atoms with Crippen molar-refractivity contribution in [2.75, 3.05) is 21.3 Å². The summed E-state index contributed by atoms with van der Waals surface area (Å²) in [5, 5.41) is 6.64. The first-order valence-electron chi connectivity index (χ1n) is 13.9. The molecule has 0 heterocycles. The van der Waals surface area contributed by atoms with Crippen LogP contribution in [0.25, 0.3) is 22.3 Å². The number of benzene rings is 4. The zero-order chi connectivity index (χ0) is 39.1. The summed E-state index contributed by atoms with van der Waals surface area (Å²) in [5.74, 6) is -8.94. The number of alkyl halides is 12. The molecule has 8 nitrogen and oxygen atoms in total. The SMILES string of the molecule is O=C(Nc1ccccc1-c1ccccc1NC(=O)C(F)(F)F)C(F)(F)F.O=C(Nc1ccccc1-c1ccccc1NC(=O)C(F)(F)F)C(F)(F)F. The third kappa shape index (κ3) is 11.0. The third-order valence-electron chi connectivity index (χ3n) is 6.31. The Labute approximate surface area is 283 Å². The van der Waals surface area contributed by atoms with Gasteiger partial charge in [0.05, 0.1) is 0 Å². The lowest BCUT2D eigenvalue weighted by molar-refractivity contribution is -0.167. The van der Waals surface area contributed by atoms with Crippen LogP contribution in [0.2, 0.25) is 0 Å². The molecule has 4 amide bonds. The van der Waals surface area contributed by atoms with Gasteiger partial charge in [0, 0.05) is 45.0 Å². The average Bonchev–Trinajstić information content (AvgIpc) is 3.04. The molecule has 4 aromatic rings. The van der Waals surface area contributed by atoms with Gasteiger partial charge in [-0.1, -0.05) is 72.8 Å². The van der Waals surface area contributed by atoms with Crippen molar-refractivity contribution >= 4 is 46.4 Å². The molecule has 4 aromatic carbocycles. The molecule has 0 atom stereocenters. The van der Waals surface area contributed by atoms with Gasteiger partial charge in [-0.3, -0.25) is 19.2 Å². The van der Waals surface area contributed by atoms with Crippen LogP contribution in [0.5, 0.6) is 0 Å². The fourth-order valence-electron chi connectivity index (χ4n) is 4.08. The molecule has 4 N–H and O–H groups in total. The van der Waals surface area contributed by atoms with E-state index in [1.54, 1.807) is 21.3 Å². The lowest BCUT2D eigenvalue weighted by Crippen LogP contribution is -2.30. The van der Waals surface area contributed by atoms with Crippen molar-refractivity contribution in [1.82, 2.24) is 0 Å². The number of carbonyl (C=O) groups excluding carboxylic acids is 4. The summed E-state index contributed by atoms with van der Waals surface area (Å²) in [6.07, 6.45) is -20.6. The first-order chi connectivity index (χ1) is 24.0. The minimum Gasteiger partial charge on any atom is -0.318 e. The lowest BCUT2D eigenvalue weighted by atomic mass is 10.0. The lowest BCUT2D eigenvalue weighted by Gasteiger charge is -2.16. The van der Waals surface area contributed by atoms with Crippen molar-refractivity contribution in [1.29, 1.82) is 0 Å². The monoisotopic (exact) mass is 752 g/mol. The van der Waals surface area contributed by atoms with Crippen LogP contribution in [0.15, 0.2) is 97.1 Å². The molecule has 0 spiro atoms. The molecule has 0 radical (unpaired) electrons. The van der Waals surface area contributed by atoms with Crippen molar-refractivity contribution in [3.63, 3.8) is 0 Å². The maximum atomic E-state index is 12.5. The van der Waals surface area contributed by atoms with Crippen LogP contribution in [0.3, 0.4) is 0 Å². The van der Waals surface area contributed by atoms with Gasteiger partial charge in [0.1, 0.15) is 0 Å². The summed E-state index contributed by atoms with van der Waals surface area (Å²) in [6, 6.07) is 20.8. The summed E-state index contributed by atoms with van der Waals surface area (Å²) < 4.78 is 149. The smallest absolute Gasteiger partial charge is 0.318 e. The molecular weight excluding hydrogens is 732 g/mol. The van der Waals surface area contributed by atoms with Crippen LogP contribution >= 0.6 is 0 Å². The van der Waals surface area contributed by atoms with E-state index in [9.17, 15) is 71.9 Å². The van der Waals surface area contributed by atoms with Gasteiger partial charge in [0.2, 0.25) is 0 Å². The highest BCUT2D eigenvalue weighted by molar-refractivity contribution is 6.04. The minimum atomic E-state index is -5.14. The van der Waals surface area contributed by atoms with E-state index in [-0.39, 0.29) is 45.0 Å². The quantitative estimate of drug-likeness (QED) is 0.148. The zero-order valence-corrected chi connectivity index (χ0v) is 25.4. The summed E-state index contributed by atoms with van der Waals surface area (Å²) in [6.45, 7) is 0. The first-order valence-corrected chi connectivity index (χ1v) is 13.9. The zero-order valence-electron chi connectivity index (χ0n) is 25.4. The predicted molar refractivity (Wildman–Crippen MR) is 162 cm³/mol. The maximum Gasteiger partial charge on any atom is 0.471 e.